The maximum Gasteiger partial charge on any atom is 0.0567 e. The van der Waals surface area contributed by atoms with Crippen LogP contribution >= 0.6 is 0 Å². The highest BCUT2D eigenvalue weighted by Crippen LogP contribution is 2.43. The molecule has 0 radical (unpaired) electrons. The molecule has 476 valence electrons. The van der Waals surface area contributed by atoms with Gasteiger partial charge in [-0.15, -0.1) is 0 Å². The van der Waals surface area contributed by atoms with Crippen molar-refractivity contribution in [1.82, 2.24) is 0 Å². The number of nitrogens with zero attached hydrogens (tertiary/aromatic N) is 4. The van der Waals surface area contributed by atoms with E-state index in [1.807, 2.05) is 0 Å². The minimum Gasteiger partial charge on any atom is -0.345 e. The Labute approximate surface area is 586 Å². The Morgan fingerprint density at radius 3 is 0.810 bits per heavy atom. The molecule has 0 aliphatic rings. The molecule has 17 aromatic rings. The molecule has 4 heteroatoms. The molecule has 0 fully saturated rings. The second-order valence-corrected chi connectivity index (χ2v) is 25.5. The first-order chi connectivity index (χ1) is 49.4. The van der Waals surface area contributed by atoms with Gasteiger partial charge < -0.3 is 19.6 Å². The van der Waals surface area contributed by atoms with Crippen molar-refractivity contribution < 1.29 is 0 Å². The second-order valence-electron chi connectivity index (χ2n) is 25.5. The first kappa shape index (κ1) is 61.8. The summed E-state index contributed by atoms with van der Waals surface area (Å²) in [4.78, 5) is 9.27. The summed E-state index contributed by atoms with van der Waals surface area (Å²) in [7, 11) is 4.30. The fraction of sp³-hybridized carbons (Fsp3) is 0.0208. The van der Waals surface area contributed by atoms with Crippen LogP contribution in [0, 0.1) is 0 Å². The van der Waals surface area contributed by atoms with Crippen LogP contribution in [-0.4, -0.2) is 14.1 Å². The summed E-state index contributed by atoms with van der Waals surface area (Å²) in [5.41, 5.74) is 23.3. The Kier molecular flexibility index (Phi) is 17.3. The average Bonchev–Trinajstić information content (AvgIpc) is 0.763. The minimum atomic E-state index is 1.11. The van der Waals surface area contributed by atoms with Gasteiger partial charge in [0, 0.05) is 76.1 Å². The highest BCUT2D eigenvalue weighted by molar-refractivity contribution is 6.12. The van der Waals surface area contributed by atoms with E-state index in [9.17, 15) is 0 Å². The van der Waals surface area contributed by atoms with Crippen molar-refractivity contribution in [2.24, 2.45) is 0 Å². The van der Waals surface area contributed by atoms with E-state index in [0.29, 0.717) is 0 Å². The lowest BCUT2D eigenvalue weighted by molar-refractivity contribution is 1.21. The van der Waals surface area contributed by atoms with E-state index in [1.54, 1.807) is 0 Å². The van der Waals surface area contributed by atoms with Gasteiger partial charge in [0.25, 0.3) is 0 Å². The standard InChI is InChI=1S/C49H36N2.C47H36N2/c1-50(49-47-20-9-7-16-41(47)32-42-17-8-10-21-48(42)49)43-27-22-37(23-28-43)38-24-29-44(30-25-38)51(46-31-26-36-14-5-6-15-39(36)34-46)45-19-11-18-40(33-45)35-12-3-2-4-13-35;1-48(45-20-10-18-41(32-45)35-12-4-2-5-13-35)43-27-22-38(23-28-43)39-24-29-44(30-25-39)49(47-31-26-37-16-8-9-17-40(37)34-47)46-21-11-19-42(33-46)36-14-6-3-7-15-36/h2-34H,1H3;2-34H,1H3. The Hall–Kier alpha value is -13.0. The van der Waals surface area contributed by atoms with Crippen molar-refractivity contribution in [2.45, 2.75) is 0 Å². The van der Waals surface area contributed by atoms with Crippen molar-refractivity contribution in [2.75, 3.05) is 33.7 Å². The molecule has 0 saturated heterocycles. The fourth-order valence-corrected chi connectivity index (χ4v) is 14.0. The Bertz CT molecular complexity index is 5630. The fourth-order valence-electron chi connectivity index (χ4n) is 14.0. The predicted molar refractivity (Wildman–Crippen MR) is 428 cm³/mol. The third-order valence-electron chi connectivity index (χ3n) is 19.3. The first-order valence-corrected chi connectivity index (χ1v) is 34.2. The van der Waals surface area contributed by atoms with Crippen LogP contribution in [0.25, 0.3) is 98.7 Å². The van der Waals surface area contributed by atoms with Gasteiger partial charge in [0.1, 0.15) is 0 Å². The summed E-state index contributed by atoms with van der Waals surface area (Å²) < 4.78 is 0. The van der Waals surface area contributed by atoms with Gasteiger partial charge in [-0.3, -0.25) is 0 Å². The largest absolute Gasteiger partial charge is 0.345 e. The number of fused-ring (bicyclic) bond motifs is 4. The van der Waals surface area contributed by atoms with Crippen LogP contribution in [0.15, 0.2) is 400 Å². The van der Waals surface area contributed by atoms with Crippen LogP contribution in [0.4, 0.5) is 56.9 Å². The Balaban J connectivity index is 0.000000156. The predicted octanol–water partition coefficient (Wildman–Crippen LogP) is 26.8. The second kappa shape index (κ2) is 28.0. The lowest BCUT2D eigenvalue weighted by Crippen LogP contribution is -2.10. The van der Waals surface area contributed by atoms with Gasteiger partial charge in [0.15, 0.2) is 0 Å². The molecular formula is C96H72N4. The number of anilines is 10. The summed E-state index contributed by atoms with van der Waals surface area (Å²) in [6, 6.07) is 144. The summed E-state index contributed by atoms with van der Waals surface area (Å²) in [6.07, 6.45) is 0. The van der Waals surface area contributed by atoms with Crippen LogP contribution in [0.2, 0.25) is 0 Å². The molecule has 100 heavy (non-hydrogen) atoms. The van der Waals surface area contributed by atoms with Crippen LogP contribution in [0.3, 0.4) is 0 Å². The third-order valence-corrected chi connectivity index (χ3v) is 19.3. The van der Waals surface area contributed by atoms with Crippen molar-refractivity contribution in [3.8, 4) is 55.6 Å². The van der Waals surface area contributed by atoms with E-state index in [4.69, 9.17) is 0 Å². The minimum absolute atomic E-state index is 1.11. The molecule has 0 amide bonds. The first-order valence-electron chi connectivity index (χ1n) is 34.2. The molecule has 0 saturated carbocycles. The molecule has 4 nitrogen and oxygen atoms in total. The van der Waals surface area contributed by atoms with Gasteiger partial charge in [-0.25, -0.2) is 0 Å². The molecule has 0 aromatic heterocycles. The summed E-state index contributed by atoms with van der Waals surface area (Å²) >= 11 is 0. The molecule has 0 unspecified atom stereocenters. The molecule has 0 heterocycles. The SMILES string of the molecule is CN(c1ccc(-c2ccc(N(c3cccc(-c4ccccc4)c3)c3ccc4ccccc4c3)cc2)cc1)c1c2ccccc2cc2ccccc12.CN(c1ccc(-c2ccc(N(c3cccc(-c4ccccc4)c3)c3ccc4ccccc4c3)cc2)cc1)c1cccc(-c2ccccc2)c1. The number of hydrogen-bond donors (Lipinski definition) is 0. The van der Waals surface area contributed by atoms with E-state index in [1.165, 1.54) is 104 Å². The van der Waals surface area contributed by atoms with Crippen molar-refractivity contribution in [3.05, 3.63) is 400 Å². The van der Waals surface area contributed by atoms with Crippen LogP contribution in [0.5, 0.6) is 0 Å². The van der Waals surface area contributed by atoms with E-state index in [0.717, 1.165) is 51.2 Å². The molecule has 0 bridgehead atoms. The van der Waals surface area contributed by atoms with Crippen molar-refractivity contribution in [3.63, 3.8) is 0 Å². The smallest absolute Gasteiger partial charge is 0.0567 e. The zero-order valence-electron chi connectivity index (χ0n) is 55.9. The average molecular weight is 1280 g/mol. The van der Waals surface area contributed by atoms with Gasteiger partial charge in [-0.2, -0.15) is 0 Å². The molecule has 17 aromatic carbocycles. The monoisotopic (exact) mass is 1280 g/mol. The Morgan fingerprint density at radius 1 is 0.150 bits per heavy atom. The van der Waals surface area contributed by atoms with E-state index in [2.05, 4.69) is 434 Å². The molecule has 0 N–H and O–H groups in total. The van der Waals surface area contributed by atoms with Crippen molar-refractivity contribution in [1.29, 1.82) is 0 Å². The molecule has 0 atom stereocenters. The van der Waals surface area contributed by atoms with E-state index in [-0.39, 0.29) is 0 Å². The highest BCUT2D eigenvalue weighted by atomic mass is 15.1. The lowest BCUT2D eigenvalue weighted by atomic mass is 9.99. The summed E-state index contributed by atoms with van der Waals surface area (Å²) in [5, 5.41) is 9.91. The van der Waals surface area contributed by atoms with E-state index < -0.39 is 0 Å². The number of rotatable bonds is 15. The van der Waals surface area contributed by atoms with E-state index >= 15 is 0 Å². The van der Waals surface area contributed by atoms with Crippen LogP contribution in [0.1, 0.15) is 0 Å². The maximum absolute atomic E-state index is 2.36. The lowest BCUT2D eigenvalue weighted by Gasteiger charge is -2.26. The van der Waals surface area contributed by atoms with Gasteiger partial charge >= 0.3 is 0 Å². The topological polar surface area (TPSA) is 13.0 Å². The maximum atomic E-state index is 2.36. The Morgan fingerprint density at radius 2 is 0.420 bits per heavy atom. The molecule has 0 spiro atoms. The normalized spacial score (nSPS) is 11.1. The zero-order valence-corrected chi connectivity index (χ0v) is 55.9. The van der Waals surface area contributed by atoms with Gasteiger partial charge in [-0.1, -0.05) is 285 Å². The van der Waals surface area contributed by atoms with Crippen molar-refractivity contribution >= 4 is 100.0 Å². The quantitative estimate of drug-likeness (QED) is 0.0949. The zero-order chi connectivity index (χ0) is 67.1. The van der Waals surface area contributed by atoms with Gasteiger partial charge in [-0.05, 0) is 203 Å². The summed E-state index contributed by atoms with van der Waals surface area (Å²) in [5.74, 6) is 0. The molecule has 0 aliphatic carbocycles. The van der Waals surface area contributed by atoms with Crippen LogP contribution in [-0.2, 0) is 0 Å². The molecular weight excluding hydrogens is 1210 g/mol. The summed E-state index contributed by atoms with van der Waals surface area (Å²) in [6.45, 7) is 0. The highest BCUT2D eigenvalue weighted by Gasteiger charge is 2.19. The van der Waals surface area contributed by atoms with Crippen LogP contribution < -0.4 is 19.6 Å². The molecule has 0 aliphatic heterocycles. The van der Waals surface area contributed by atoms with Gasteiger partial charge in [0.05, 0.1) is 5.69 Å². The number of benzene rings is 17. The van der Waals surface area contributed by atoms with Gasteiger partial charge in [0.2, 0.25) is 0 Å². The number of hydrogen-bond acceptors (Lipinski definition) is 4. The third kappa shape index (κ3) is 13.0. The molecule has 17 rings (SSSR count).